The van der Waals surface area contributed by atoms with Gasteiger partial charge in [0.05, 0.1) is 0 Å². The van der Waals surface area contributed by atoms with Crippen LogP contribution in [-0.4, -0.2) is 19.6 Å². The molecule has 0 unspecified atom stereocenters. The second-order valence-corrected chi connectivity index (χ2v) is 4.41. The van der Waals surface area contributed by atoms with Crippen molar-refractivity contribution >= 4 is 13.1 Å². The van der Waals surface area contributed by atoms with Crippen LogP contribution in [0.3, 0.4) is 0 Å². The minimum Gasteiger partial charge on any atom is -0.365 e. The first-order valence-electron chi connectivity index (χ1n) is 6.75. The van der Waals surface area contributed by atoms with Crippen LogP contribution in [-0.2, 0) is 0 Å². The van der Waals surface area contributed by atoms with Crippen molar-refractivity contribution in [1.82, 2.24) is 10.6 Å². The standard InChI is InChI=1S/C16H24BN2O/c1-6-8-12-18-16(20)17-11-10-15(9-7-2)19-14(5)13(3)4/h7,9-11,19H,2-3,5-6,8,12H2,1,4H3,(H,18,20)/b11-10-,15-9+. The van der Waals surface area contributed by atoms with Gasteiger partial charge < -0.3 is 10.6 Å². The Kier molecular flexibility index (Phi) is 9.84. The first-order valence-corrected chi connectivity index (χ1v) is 6.75. The lowest BCUT2D eigenvalue weighted by Crippen LogP contribution is -2.27. The van der Waals surface area contributed by atoms with Crippen molar-refractivity contribution in [3.8, 4) is 0 Å². The van der Waals surface area contributed by atoms with Gasteiger partial charge in [-0.15, -0.1) is 5.98 Å². The van der Waals surface area contributed by atoms with E-state index in [0.717, 1.165) is 29.8 Å². The van der Waals surface area contributed by atoms with E-state index in [2.05, 4.69) is 37.3 Å². The Morgan fingerprint density at radius 2 is 2.05 bits per heavy atom. The predicted octanol–water partition coefficient (Wildman–Crippen LogP) is 3.46. The lowest BCUT2D eigenvalue weighted by molar-refractivity contribution is 0.259. The minimum atomic E-state index is -0.0913. The fraction of sp³-hybridized carbons (Fsp3) is 0.312. The Morgan fingerprint density at radius 3 is 2.60 bits per heavy atom. The third-order valence-electron chi connectivity index (χ3n) is 2.46. The zero-order valence-corrected chi connectivity index (χ0v) is 12.5. The second kappa shape index (κ2) is 10.9. The molecule has 0 aromatic carbocycles. The van der Waals surface area contributed by atoms with E-state index in [1.807, 2.05) is 6.92 Å². The highest BCUT2D eigenvalue weighted by Crippen LogP contribution is 2.04. The Labute approximate surface area is 123 Å². The Morgan fingerprint density at radius 1 is 1.35 bits per heavy atom. The fourth-order valence-corrected chi connectivity index (χ4v) is 1.23. The summed E-state index contributed by atoms with van der Waals surface area (Å²) >= 11 is 0. The molecule has 1 radical (unpaired) electrons. The molecule has 107 valence electrons. The van der Waals surface area contributed by atoms with Gasteiger partial charge in [0.25, 0.3) is 7.28 Å². The van der Waals surface area contributed by atoms with Gasteiger partial charge in [-0.2, -0.15) is 0 Å². The van der Waals surface area contributed by atoms with Crippen molar-refractivity contribution in [1.29, 1.82) is 0 Å². The number of carbonyl (C=O) groups is 1. The molecule has 0 rings (SSSR count). The van der Waals surface area contributed by atoms with E-state index >= 15 is 0 Å². The van der Waals surface area contributed by atoms with Crippen molar-refractivity contribution in [3.05, 3.63) is 60.9 Å². The number of rotatable bonds is 10. The predicted molar refractivity (Wildman–Crippen MR) is 88.6 cm³/mol. The van der Waals surface area contributed by atoms with Gasteiger partial charge in [0.1, 0.15) is 0 Å². The summed E-state index contributed by atoms with van der Waals surface area (Å²) in [6.45, 7) is 16.0. The highest BCUT2D eigenvalue weighted by Gasteiger charge is 2.00. The maximum atomic E-state index is 11.5. The molecular formula is C16H24BN2O. The molecule has 20 heavy (non-hydrogen) atoms. The molecule has 0 aliphatic heterocycles. The summed E-state index contributed by atoms with van der Waals surface area (Å²) in [5.74, 6) is 1.60. The first-order chi connectivity index (χ1) is 9.51. The molecule has 0 fully saturated rings. The Balaban J connectivity index is 4.32. The number of nitrogens with one attached hydrogen (secondary N) is 2. The van der Waals surface area contributed by atoms with Crippen LogP contribution >= 0.6 is 0 Å². The summed E-state index contributed by atoms with van der Waals surface area (Å²) in [5, 5.41) is 5.91. The number of carbonyl (C=O) groups excluding carboxylic acids is 1. The number of allylic oxidation sites excluding steroid dienone is 4. The molecule has 1 amide bonds. The number of amides is 1. The monoisotopic (exact) mass is 271 g/mol. The van der Waals surface area contributed by atoms with Crippen molar-refractivity contribution in [2.75, 3.05) is 6.54 Å². The van der Waals surface area contributed by atoms with E-state index in [1.54, 1.807) is 24.2 Å². The molecule has 3 nitrogen and oxygen atoms in total. The zero-order valence-electron chi connectivity index (χ0n) is 12.5. The molecule has 0 bridgehead atoms. The number of unbranched alkanes of at least 4 members (excludes halogenated alkanes) is 1. The highest BCUT2D eigenvalue weighted by atomic mass is 16.1. The van der Waals surface area contributed by atoms with Crippen LogP contribution in [0.4, 0.5) is 4.79 Å². The van der Waals surface area contributed by atoms with Gasteiger partial charge in [0.2, 0.25) is 0 Å². The van der Waals surface area contributed by atoms with Gasteiger partial charge in [-0.3, -0.25) is 4.79 Å². The van der Waals surface area contributed by atoms with Gasteiger partial charge in [0.15, 0.2) is 5.81 Å². The van der Waals surface area contributed by atoms with E-state index in [0.29, 0.717) is 6.54 Å². The lowest BCUT2D eigenvalue weighted by Gasteiger charge is -2.09. The van der Waals surface area contributed by atoms with Gasteiger partial charge in [-0.25, -0.2) is 0 Å². The van der Waals surface area contributed by atoms with Crippen LogP contribution < -0.4 is 10.6 Å². The summed E-state index contributed by atoms with van der Waals surface area (Å²) in [6.07, 6.45) is 7.31. The molecule has 2 N–H and O–H groups in total. The lowest BCUT2D eigenvalue weighted by atomic mass is 9.77. The first kappa shape index (κ1) is 18.0. The molecule has 0 saturated carbocycles. The normalized spacial score (nSPS) is 11.0. The molecule has 0 atom stereocenters. The van der Waals surface area contributed by atoms with Crippen molar-refractivity contribution < 1.29 is 4.79 Å². The molecule has 0 aromatic rings. The largest absolute Gasteiger partial charge is 0.365 e. The number of hydrogen-bond donors (Lipinski definition) is 2. The van der Waals surface area contributed by atoms with E-state index in [9.17, 15) is 4.79 Å². The fourth-order valence-electron chi connectivity index (χ4n) is 1.23. The number of hydrogen-bond acceptors (Lipinski definition) is 2. The summed E-state index contributed by atoms with van der Waals surface area (Å²) in [4.78, 5) is 11.5. The average Bonchev–Trinajstić information content (AvgIpc) is 2.39. The summed E-state index contributed by atoms with van der Waals surface area (Å²) in [6, 6.07) is 0. The highest BCUT2D eigenvalue weighted by molar-refractivity contribution is 6.77. The Bertz CT molecular complexity index is 422. The van der Waals surface area contributed by atoms with Gasteiger partial charge in [-0.1, -0.05) is 45.2 Å². The molecule has 0 aliphatic rings. The van der Waals surface area contributed by atoms with Gasteiger partial charge in [-0.05, 0) is 25.0 Å². The molecule has 0 heterocycles. The van der Waals surface area contributed by atoms with Crippen molar-refractivity contribution in [2.45, 2.75) is 26.7 Å². The summed E-state index contributed by atoms with van der Waals surface area (Å²) < 4.78 is 0. The molecule has 0 spiro atoms. The van der Waals surface area contributed by atoms with Gasteiger partial charge >= 0.3 is 0 Å². The summed E-state index contributed by atoms with van der Waals surface area (Å²) in [7, 11) is 1.50. The van der Waals surface area contributed by atoms with Crippen LogP contribution in [0.2, 0.25) is 0 Å². The van der Waals surface area contributed by atoms with Crippen LogP contribution in [0.1, 0.15) is 26.7 Å². The maximum Gasteiger partial charge on any atom is 0.262 e. The Hall–Kier alpha value is -1.97. The van der Waals surface area contributed by atoms with E-state index in [1.165, 1.54) is 7.28 Å². The zero-order chi connectivity index (χ0) is 15.4. The molecular weight excluding hydrogens is 247 g/mol. The topological polar surface area (TPSA) is 41.1 Å². The van der Waals surface area contributed by atoms with Crippen LogP contribution in [0.5, 0.6) is 0 Å². The summed E-state index contributed by atoms with van der Waals surface area (Å²) in [5.41, 5.74) is 2.38. The molecule has 0 aromatic heterocycles. The quantitative estimate of drug-likeness (QED) is 0.363. The van der Waals surface area contributed by atoms with Crippen molar-refractivity contribution in [3.63, 3.8) is 0 Å². The van der Waals surface area contributed by atoms with Crippen molar-refractivity contribution in [2.24, 2.45) is 0 Å². The van der Waals surface area contributed by atoms with E-state index in [-0.39, 0.29) is 5.81 Å². The van der Waals surface area contributed by atoms with Crippen LogP contribution in [0.15, 0.2) is 60.9 Å². The smallest absolute Gasteiger partial charge is 0.262 e. The SMILES string of the molecule is C=C/C=C(\C=C/[B]C(=O)NCCCC)NC(=C)C(=C)C. The third kappa shape index (κ3) is 9.03. The van der Waals surface area contributed by atoms with E-state index < -0.39 is 0 Å². The molecule has 0 aliphatic carbocycles. The average molecular weight is 271 g/mol. The second-order valence-electron chi connectivity index (χ2n) is 4.41. The van der Waals surface area contributed by atoms with Gasteiger partial charge in [0, 0.05) is 17.9 Å². The van der Waals surface area contributed by atoms with Crippen LogP contribution in [0.25, 0.3) is 0 Å². The molecule has 4 heteroatoms. The maximum absolute atomic E-state index is 11.5. The van der Waals surface area contributed by atoms with Crippen LogP contribution in [0, 0.1) is 0 Å². The van der Waals surface area contributed by atoms with E-state index in [4.69, 9.17) is 0 Å². The third-order valence-corrected chi connectivity index (χ3v) is 2.46. The molecule has 0 saturated heterocycles. The minimum absolute atomic E-state index is 0.0913.